The van der Waals surface area contributed by atoms with Gasteiger partial charge in [0.1, 0.15) is 6.10 Å². The Kier molecular flexibility index (Phi) is 4.83. The average molecular weight is 371 g/mol. The number of benzene rings is 1. The molecule has 0 bridgehead atoms. The third-order valence-corrected chi connectivity index (χ3v) is 6.40. The van der Waals surface area contributed by atoms with E-state index in [1.807, 2.05) is 0 Å². The largest absolute Gasteiger partial charge is 0.416 e. The number of ether oxygens (including phenoxy) is 1. The van der Waals surface area contributed by atoms with Crippen molar-refractivity contribution in [3.8, 4) is 0 Å². The zero-order valence-corrected chi connectivity index (χ0v) is 13.9. The summed E-state index contributed by atoms with van der Waals surface area (Å²) in [6, 6.07) is 9.13. The fourth-order valence-corrected chi connectivity index (χ4v) is 4.64. The number of hydrogen-bond acceptors (Lipinski definition) is 4. The van der Waals surface area contributed by atoms with Crippen LogP contribution in [0.2, 0.25) is 0 Å². The minimum absolute atomic E-state index is 0.162. The molecule has 2 unspecified atom stereocenters. The van der Waals surface area contributed by atoms with Crippen LogP contribution in [0.1, 0.15) is 30.2 Å². The van der Waals surface area contributed by atoms with Crippen LogP contribution in [0.25, 0.3) is 0 Å². The van der Waals surface area contributed by atoms with Gasteiger partial charge in [-0.05, 0) is 43.2 Å². The fourth-order valence-electron chi connectivity index (χ4n) is 2.86. The van der Waals surface area contributed by atoms with E-state index in [1.165, 1.54) is 6.07 Å². The number of alkyl halides is 3. The molecule has 2 atom stereocenters. The summed E-state index contributed by atoms with van der Waals surface area (Å²) in [7, 11) is -3.89. The normalized spacial score (nSPS) is 21.9. The highest BCUT2D eigenvalue weighted by molar-refractivity contribution is 7.92. The van der Waals surface area contributed by atoms with E-state index in [-0.39, 0.29) is 24.3 Å². The lowest BCUT2D eigenvalue weighted by Gasteiger charge is -2.29. The molecule has 4 nitrogen and oxygen atoms in total. The first kappa shape index (κ1) is 17.9. The number of hydrogen-bond donors (Lipinski definition) is 0. The lowest BCUT2D eigenvalue weighted by atomic mass is 10.1. The number of rotatable bonds is 3. The SMILES string of the molecule is O=S(=O)(c1cccc(C(F)(F)F)c1)C1CCOC(c2ccccn2)C1. The van der Waals surface area contributed by atoms with Crippen molar-refractivity contribution in [3.63, 3.8) is 0 Å². The first-order valence-corrected chi connectivity index (χ1v) is 9.27. The van der Waals surface area contributed by atoms with E-state index < -0.39 is 32.9 Å². The number of nitrogens with zero attached hydrogens (tertiary/aromatic N) is 1. The van der Waals surface area contributed by atoms with Crippen LogP contribution in [0.4, 0.5) is 13.2 Å². The van der Waals surface area contributed by atoms with Crippen LogP contribution in [0.5, 0.6) is 0 Å². The highest BCUT2D eigenvalue weighted by Crippen LogP contribution is 2.35. The van der Waals surface area contributed by atoms with E-state index in [2.05, 4.69) is 4.98 Å². The van der Waals surface area contributed by atoms with Gasteiger partial charge in [-0.15, -0.1) is 0 Å². The summed E-state index contributed by atoms with van der Waals surface area (Å²) in [6.45, 7) is 0.212. The van der Waals surface area contributed by atoms with Crippen molar-refractivity contribution in [2.24, 2.45) is 0 Å². The van der Waals surface area contributed by atoms with Crippen molar-refractivity contribution >= 4 is 9.84 Å². The smallest absolute Gasteiger partial charge is 0.372 e. The molecule has 1 aromatic heterocycles. The maximum absolute atomic E-state index is 12.9. The lowest BCUT2D eigenvalue weighted by molar-refractivity contribution is -0.137. The van der Waals surface area contributed by atoms with Crippen molar-refractivity contribution in [3.05, 3.63) is 59.9 Å². The van der Waals surface area contributed by atoms with Crippen molar-refractivity contribution in [1.82, 2.24) is 4.98 Å². The predicted molar refractivity (Wildman–Crippen MR) is 84.6 cm³/mol. The van der Waals surface area contributed by atoms with Crippen molar-refractivity contribution in [2.45, 2.75) is 35.3 Å². The first-order valence-electron chi connectivity index (χ1n) is 7.72. The molecular formula is C17H16F3NO3S. The van der Waals surface area contributed by atoms with Crippen molar-refractivity contribution in [2.75, 3.05) is 6.61 Å². The van der Waals surface area contributed by atoms with Gasteiger partial charge < -0.3 is 4.74 Å². The second kappa shape index (κ2) is 6.76. The van der Waals surface area contributed by atoms with Gasteiger partial charge in [0.25, 0.3) is 0 Å². The Hall–Kier alpha value is -1.93. The number of pyridine rings is 1. The van der Waals surface area contributed by atoms with Crippen molar-refractivity contribution in [1.29, 1.82) is 0 Å². The molecule has 3 rings (SSSR count). The minimum atomic E-state index is -4.59. The molecule has 0 radical (unpaired) electrons. The molecule has 1 fully saturated rings. The molecular weight excluding hydrogens is 355 g/mol. The van der Waals surface area contributed by atoms with E-state index in [1.54, 1.807) is 24.4 Å². The summed E-state index contributed by atoms with van der Waals surface area (Å²) in [5.74, 6) is 0. The van der Waals surface area contributed by atoms with Gasteiger partial charge in [-0.1, -0.05) is 12.1 Å². The molecule has 25 heavy (non-hydrogen) atoms. The van der Waals surface area contributed by atoms with Gasteiger partial charge >= 0.3 is 6.18 Å². The van der Waals surface area contributed by atoms with E-state index >= 15 is 0 Å². The van der Waals surface area contributed by atoms with Gasteiger partial charge in [0.05, 0.1) is 21.4 Å². The summed E-state index contributed by atoms with van der Waals surface area (Å²) in [6.07, 6.45) is -3.08. The van der Waals surface area contributed by atoms with Gasteiger partial charge in [-0.25, -0.2) is 8.42 Å². The van der Waals surface area contributed by atoms with Crippen LogP contribution in [0.15, 0.2) is 53.6 Å². The monoisotopic (exact) mass is 371 g/mol. The van der Waals surface area contributed by atoms with E-state index in [0.717, 1.165) is 12.1 Å². The predicted octanol–water partition coefficient (Wildman–Crippen LogP) is 3.79. The van der Waals surface area contributed by atoms with Crippen LogP contribution < -0.4 is 0 Å². The number of aromatic nitrogens is 1. The van der Waals surface area contributed by atoms with Gasteiger partial charge in [-0.2, -0.15) is 13.2 Å². The molecule has 0 saturated carbocycles. The number of halogens is 3. The maximum atomic E-state index is 12.9. The molecule has 0 N–H and O–H groups in total. The summed E-state index contributed by atoms with van der Waals surface area (Å²) in [5, 5.41) is -0.809. The van der Waals surface area contributed by atoms with E-state index in [0.29, 0.717) is 11.8 Å². The summed E-state index contributed by atoms with van der Waals surface area (Å²) in [4.78, 5) is 3.86. The number of sulfone groups is 1. The van der Waals surface area contributed by atoms with Gasteiger partial charge in [0.2, 0.25) is 0 Å². The quantitative estimate of drug-likeness (QED) is 0.824. The topological polar surface area (TPSA) is 56.3 Å². The Balaban J connectivity index is 1.87. The molecule has 1 aliphatic rings. The van der Waals surface area contributed by atoms with E-state index in [9.17, 15) is 21.6 Å². The molecule has 8 heteroatoms. The molecule has 1 aromatic carbocycles. The molecule has 2 heterocycles. The van der Waals surface area contributed by atoms with Crippen molar-refractivity contribution < 1.29 is 26.3 Å². The Labute approximate surface area is 143 Å². The molecule has 0 amide bonds. The van der Waals surface area contributed by atoms with Crippen LogP contribution in [0, 0.1) is 0 Å². The summed E-state index contributed by atoms with van der Waals surface area (Å²) in [5.41, 5.74) is -0.353. The Bertz CT molecular complexity index is 838. The molecule has 1 aliphatic heterocycles. The summed E-state index contributed by atoms with van der Waals surface area (Å²) < 4.78 is 69.8. The third kappa shape index (κ3) is 3.85. The Morgan fingerprint density at radius 3 is 2.60 bits per heavy atom. The molecule has 2 aromatic rings. The van der Waals surface area contributed by atoms with E-state index in [4.69, 9.17) is 4.74 Å². The lowest BCUT2D eigenvalue weighted by Crippen LogP contribution is -2.31. The molecule has 0 spiro atoms. The van der Waals surface area contributed by atoms with Crippen LogP contribution in [-0.4, -0.2) is 25.3 Å². The minimum Gasteiger partial charge on any atom is -0.372 e. The zero-order chi connectivity index (χ0) is 18.1. The zero-order valence-electron chi connectivity index (χ0n) is 13.1. The Morgan fingerprint density at radius 2 is 1.92 bits per heavy atom. The maximum Gasteiger partial charge on any atom is 0.416 e. The standard InChI is InChI=1S/C17H16F3NO3S/c18-17(19,20)12-4-3-5-13(10-12)25(22,23)14-7-9-24-16(11-14)15-6-1-2-8-21-15/h1-6,8,10,14,16H,7,9,11H2. The third-order valence-electron chi connectivity index (χ3n) is 4.18. The molecule has 0 aliphatic carbocycles. The van der Waals surface area contributed by atoms with Crippen LogP contribution in [-0.2, 0) is 20.8 Å². The second-order valence-electron chi connectivity index (χ2n) is 5.83. The second-order valence-corrected chi connectivity index (χ2v) is 8.06. The highest BCUT2D eigenvalue weighted by Gasteiger charge is 2.36. The Morgan fingerprint density at radius 1 is 1.12 bits per heavy atom. The average Bonchev–Trinajstić information content (AvgIpc) is 2.62. The molecule has 134 valence electrons. The van der Waals surface area contributed by atoms with Crippen LogP contribution in [0.3, 0.4) is 0 Å². The van der Waals surface area contributed by atoms with Gasteiger partial charge in [0.15, 0.2) is 9.84 Å². The molecule has 1 saturated heterocycles. The summed E-state index contributed by atoms with van der Waals surface area (Å²) >= 11 is 0. The van der Waals surface area contributed by atoms with Gasteiger partial charge in [-0.3, -0.25) is 4.98 Å². The highest BCUT2D eigenvalue weighted by atomic mass is 32.2. The first-order chi connectivity index (χ1) is 11.8. The van der Waals surface area contributed by atoms with Crippen LogP contribution >= 0.6 is 0 Å². The fraction of sp³-hybridized carbons (Fsp3) is 0.353. The van der Waals surface area contributed by atoms with Gasteiger partial charge in [0, 0.05) is 12.8 Å².